The Hall–Kier alpha value is 0.200. The highest BCUT2D eigenvalue weighted by Gasteiger charge is 2.25. The Morgan fingerprint density at radius 1 is 1.33 bits per heavy atom. The average Bonchev–Trinajstić information content (AvgIpc) is 2.04. The van der Waals surface area contributed by atoms with Crippen molar-refractivity contribution in [1.29, 1.82) is 0 Å². The number of halogens is 1. The summed E-state index contributed by atoms with van der Waals surface area (Å²) in [6, 6.07) is 0. The minimum absolute atomic E-state index is 0.152. The fourth-order valence-electron chi connectivity index (χ4n) is 0.918. The van der Waals surface area contributed by atoms with Crippen LogP contribution in [0.15, 0.2) is 0 Å². The Morgan fingerprint density at radius 3 is 2.00 bits per heavy atom. The second kappa shape index (κ2) is 5.04. The molecule has 0 rings (SSSR count). The Kier molecular flexibility index (Phi) is 5.13. The highest BCUT2D eigenvalue weighted by Crippen LogP contribution is 2.09. The zero-order valence-electron chi connectivity index (χ0n) is 7.75. The summed E-state index contributed by atoms with van der Waals surface area (Å²) in [6.45, 7) is 6.30. The SMILES string of the molecule is CCN(CC)S(=O)(=O)C(C)CCl. The standard InChI is InChI=1S/C7H16ClNO2S/c1-4-9(5-2)12(10,11)7(3)6-8/h7H,4-6H2,1-3H3. The van der Waals surface area contributed by atoms with Gasteiger partial charge in [-0.05, 0) is 6.92 Å². The number of alkyl halides is 1. The quantitative estimate of drug-likeness (QED) is 0.646. The highest BCUT2D eigenvalue weighted by molar-refractivity contribution is 7.89. The molecule has 0 heterocycles. The van der Waals surface area contributed by atoms with Crippen LogP contribution in [0.25, 0.3) is 0 Å². The van der Waals surface area contributed by atoms with Gasteiger partial charge in [0.1, 0.15) is 0 Å². The molecule has 74 valence electrons. The summed E-state index contributed by atoms with van der Waals surface area (Å²) in [5.41, 5.74) is 0. The Balaban J connectivity index is 4.58. The second-order valence-corrected chi connectivity index (χ2v) is 5.25. The van der Waals surface area contributed by atoms with E-state index < -0.39 is 15.3 Å². The topological polar surface area (TPSA) is 37.4 Å². The number of hydrogen-bond donors (Lipinski definition) is 0. The lowest BCUT2D eigenvalue weighted by atomic mass is 10.6. The van der Waals surface area contributed by atoms with Gasteiger partial charge in [-0.1, -0.05) is 13.8 Å². The fraction of sp³-hybridized carbons (Fsp3) is 1.00. The first-order valence-corrected chi connectivity index (χ1v) is 6.09. The van der Waals surface area contributed by atoms with E-state index in [0.717, 1.165) is 0 Å². The number of sulfonamides is 1. The van der Waals surface area contributed by atoms with Crippen LogP contribution in [0.5, 0.6) is 0 Å². The monoisotopic (exact) mass is 213 g/mol. The van der Waals surface area contributed by atoms with Crippen molar-refractivity contribution < 1.29 is 8.42 Å². The first kappa shape index (κ1) is 12.2. The van der Waals surface area contributed by atoms with Gasteiger partial charge in [0, 0.05) is 19.0 Å². The predicted molar refractivity (Wildman–Crippen MR) is 52.0 cm³/mol. The van der Waals surface area contributed by atoms with E-state index in [1.807, 2.05) is 13.8 Å². The van der Waals surface area contributed by atoms with Gasteiger partial charge in [-0.2, -0.15) is 0 Å². The van der Waals surface area contributed by atoms with Gasteiger partial charge in [-0.15, -0.1) is 11.6 Å². The molecule has 0 aromatic rings. The summed E-state index contributed by atoms with van der Waals surface area (Å²) < 4.78 is 24.6. The zero-order valence-corrected chi connectivity index (χ0v) is 9.32. The lowest BCUT2D eigenvalue weighted by Gasteiger charge is -2.21. The molecule has 0 saturated carbocycles. The molecule has 0 aliphatic rings. The molecule has 0 aromatic carbocycles. The van der Waals surface area contributed by atoms with Crippen LogP contribution in [0.4, 0.5) is 0 Å². The molecule has 0 aliphatic carbocycles. The van der Waals surface area contributed by atoms with Crippen LogP contribution in [-0.2, 0) is 10.0 Å². The first-order chi connectivity index (χ1) is 5.50. The van der Waals surface area contributed by atoms with Crippen LogP contribution in [0, 0.1) is 0 Å². The van der Waals surface area contributed by atoms with Crippen LogP contribution in [-0.4, -0.2) is 36.9 Å². The number of rotatable bonds is 5. The molecular formula is C7H16ClNO2S. The minimum Gasteiger partial charge on any atom is -0.212 e. The van der Waals surface area contributed by atoms with E-state index in [9.17, 15) is 8.42 Å². The van der Waals surface area contributed by atoms with Gasteiger partial charge in [-0.3, -0.25) is 0 Å². The third-order valence-corrected chi connectivity index (χ3v) is 4.86. The Labute approximate surface area is 79.8 Å². The van der Waals surface area contributed by atoms with Crippen LogP contribution < -0.4 is 0 Å². The molecule has 5 heteroatoms. The van der Waals surface area contributed by atoms with Crippen molar-refractivity contribution in [3.05, 3.63) is 0 Å². The van der Waals surface area contributed by atoms with Crippen LogP contribution >= 0.6 is 11.6 Å². The molecular weight excluding hydrogens is 198 g/mol. The third-order valence-electron chi connectivity index (χ3n) is 1.79. The highest BCUT2D eigenvalue weighted by atomic mass is 35.5. The van der Waals surface area contributed by atoms with Crippen LogP contribution in [0.2, 0.25) is 0 Å². The van der Waals surface area contributed by atoms with Crippen LogP contribution in [0.1, 0.15) is 20.8 Å². The van der Waals surface area contributed by atoms with Gasteiger partial charge in [-0.25, -0.2) is 12.7 Å². The molecule has 0 saturated heterocycles. The maximum absolute atomic E-state index is 11.6. The van der Waals surface area contributed by atoms with E-state index in [1.165, 1.54) is 4.31 Å². The van der Waals surface area contributed by atoms with E-state index in [-0.39, 0.29) is 5.88 Å². The van der Waals surface area contributed by atoms with Gasteiger partial charge in [0.2, 0.25) is 10.0 Å². The Bertz CT molecular complexity index is 211. The zero-order chi connectivity index (χ0) is 9.78. The summed E-state index contributed by atoms with van der Waals surface area (Å²) in [4.78, 5) is 0. The number of hydrogen-bond acceptors (Lipinski definition) is 2. The molecule has 0 bridgehead atoms. The van der Waals surface area contributed by atoms with Gasteiger partial charge < -0.3 is 0 Å². The van der Waals surface area contributed by atoms with Crippen molar-refractivity contribution in [1.82, 2.24) is 4.31 Å². The first-order valence-electron chi connectivity index (χ1n) is 4.05. The lowest BCUT2D eigenvalue weighted by Crippen LogP contribution is -2.38. The molecule has 1 atom stereocenters. The molecule has 0 radical (unpaired) electrons. The summed E-state index contributed by atoms with van der Waals surface area (Å²) in [6.07, 6.45) is 0. The van der Waals surface area contributed by atoms with E-state index >= 15 is 0 Å². The van der Waals surface area contributed by atoms with Crippen molar-refractivity contribution in [2.75, 3.05) is 19.0 Å². The van der Waals surface area contributed by atoms with Crippen LogP contribution in [0.3, 0.4) is 0 Å². The number of nitrogens with zero attached hydrogens (tertiary/aromatic N) is 1. The summed E-state index contributed by atoms with van der Waals surface area (Å²) >= 11 is 5.49. The van der Waals surface area contributed by atoms with Crippen molar-refractivity contribution >= 4 is 21.6 Å². The largest absolute Gasteiger partial charge is 0.217 e. The normalized spacial score (nSPS) is 15.1. The fourth-order valence-corrected chi connectivity index (χ4v) is 2.78. The molecule has 0 amide bonds. The summed E-state index contributed by atoms with van der Waals surface area (Å²) in [5, 5.41) is -0.487. The molecule has 0 aromatic heterocycles. The van der Waals surface area contributed by atoms with Crippen molar-refractivity contribution in [2.45, 2.75) is 26.0 Å². The van der Waals surface area contributed by atoms with Crippen molar-refractivity contribution in [2.24, 2.45) is 0 Å². The van der Waals surface area contributed by atoms with E-state index in [2.05, 4.69) is 0 Å². The van der Waals surface area contributed by atoms with Crippen molar-refractivity contribution in [3.63, 3.8) is 0 Å². The lowest BCUT2D eigenvalue weighted by molar-refractivity contribution is 0.439. The maximum Gasteiger partial charge on any atom is 0.217 e. The maximum atomic E-state index is 11.6. The van der Waals surface area contributed by atoms with Gasteiger partial charge >= 0.3 is 0 Å². The van der Waals surface area contributed by atoms with Gasteiger partial charge in [0.15, 0.2) is 0 Å². The summed E-state index contributed by atoms with van der Waals surface area (Å²) in [5.74, 6) is 0.152. The predicted octanol–water partition coefficient (Wildman–Crippen LogP) is 1.29. The average molecular weight is 214 g/mol. The smallest absolute Gasteiger partial charge is 0.212 e. The molecule has 0 aliphatic heterocycles. The van der Waals surface area contributed by atoms with Gasteiger partial charge in [0.25, 0.3) is 0 Å². The van der Waals surface area contributed by atoms with E-state index in [0.29, 0.717) is 13.1 Å². The molecule has 0 fully saturated rings. The van der Waals surface area contributed by atoms with E-state index in [4.69, 9.17) is 11.6 Å². The minimum atomic E-state index is -3.15. The molecule has 0 spiro atoms. The molecule has 0 N–H and O–H groups in total. The van der Waals surface area contributed by atoms with E-state index in [1.54, 1.807) is 6.92 Å². The second-order valence-electron chi connectivity index (χ2n) is 2.59. The Morgan fingerprint density at radius 2 is 1.75 bits per heavy atom. The van der Waals surface area contributed by atoms with Crippen molar-refractivity contribution in [3.8, 4) is 0 Å². The molecule has 12 heavy (non-hydrogen) atoms. The summed E-state index contributed by atoms with van der Waals surface area (Å²) in [7, 11) is -3.15. The molecule has 3 nitrogen and oxygen atoms in total. The third kappa shape index (κ3) is 2.61. The molecule has 1 unspecified atom stereocenters. The van der Waals surface area contributed by atoms with Gasteiger partial charge in [0.05, 0.1) is 5.25 Å².